The fourth-order valence-electron chi connectivity index (χ4n) is 4.76. The number of para-hydroxylation sites is 2. The Kier molecular flexibility index (Phi) is 6.00. The Morgan fingerprint density at radius 1 is 0.800 bits per heavy atom. The van der Waals surface area contributed by atoms with E-state index in [4.69, 9.17) is 30.6 Å². The van der Waals surface area contributed by atoms with Crippen LogP contribution in [0.1, 0.15) is 11.6 Å². The Morgan fingerprint density at radius 3 is 2.14 bits per heavy atom. The third-order valence-electron chi connectivity index (χ3n) is 6.27. The van der Waals surface area contributed by atoms with Crippen LogP contribution in [0.5, 0.6) is 17.2 Å². The lowest BCUT2D eigenvalue weighted by atomic mass is 9.89. The number of hydrogen-bond acceptors (Lipinski definition) is 7. The molecule has 3 aromatic carbocycles. The monoisotopic (exact) mass is 494 g/mol. The van der Waals surface area contributed by atoms with E-state index in [2.05, 4.69) is 0 Å². The number of nitrogens with zero attached hydrogens (tertiary/aromatic N) is 2. The first-order valence-electron chi connectivity index (χ1n) is 10.9. The van der Waals surface area contributed by atoms with Crippen molar-refractivity contribution in [1.29, 1.82) is 0 Å². The van der Waals surface area contributed by atoms with E-state index < -0.39 is 29.9 Å². The van der Waals surface area contributed by atoms with Crippen LogP contribution in [0.25, 0.3) is 0 Å². The third kappa shape index (κ3) is 3.57. The van der Waals surface area contributed by atoms with Gasteiger partial charge in [-0.15, -0.1) is 0 Å². The number of methoxy groups -OCH3 is 3. The van der Waals surface area contributed by atoms with E-state index in [0.29, 0.717) is 39.2 Å². The van der Waals surface area contributed by atoms with Gasteiger partial charge in [0.2, 0.25) is 11.7 Å². The van der Waals surface area contributed by atoms with Gasteiger partial charge in [0.05, 0.1) is 37.7 Å². The van der Waals surface area contributed by atoms with Crippen molar-refractivity contribution in [2.75, 3.05) is 31.3 Å². The van der Waals surface area contributed by atoms with Crippen LogP contribution in [-0.4, -0.2) is 39.2 Å². The molecule has 0 spiro atoms. The number of imide groups is 1. The van der Waals surface area contributed by atoms with Crippen LogP contribution in [-0.2, 0) is 14.4 Å². The molecule has 0 unspecified atom stereocenters. The van der Waals surface area contributed by atoms with Crippen molar-refractivity contribution in [3.05, 3.63) is 77.3 Å². The molecule has 35 heavy (non-hydrogen) atoms. The highest BCUT2D eigenvalue weighted by molar-refractivity contribution is 6.36. The molecule has 3 aromatic rings. The molecule has 8 nitrogen and oxygen atoms in total. The summed E-state index contributed by atoms with van der Waals surface area (Å²) >= 11 is 6.34. The minimum atomic E-state index is -1.04. The quantitative estimate of drug-likeness (QED) is 0.469. The summed E-state index contributed by atoms with van der Waals surface area (Å²) in [6, 6.07) is 18.9. The van der Waals surface area contributed by atoms with Crippen molar-refractivity contribution in [3.8, 4) is 17.2 Å². The fraction of sp³-hybridized carbons (Fsp3) is 0.231. The maximum Gasteiger partial charge on any atom is 0.266 e. The van der Waals surface area contributed by atoms with Gasteiger partial charge >= 0.3 is 0 Å². The highest BCUT2D eigenvalue weighted by Gasteiger charge is 2.61. The highest BCUT2D eigenvalue weighted by Crippen LogP contribution is 2.52. The van der Waals surface area contributed by atoms with Crippen molar-refractivity contribution >= 4 is 34.8 Å². The van der Waals surface area contributed by atoms with E-state index in [1.165, 1.54) is 21.3 Å². The van der Waals surface area contributed by atoms with Crippen molar-refractivity contribution in [2.24, 2.45) is 5.92 Å². The third-order valence-corrected chi connectivity index (χ3v) is 6.59. The van der Waals surface area contributed by atoms with E-state index in [9.17, 15) is 9.59 Å². The second-order valence-corrected chi connectivity index (χ2v) is 8.45. The molecule has 0 radical (unpaired) electrons. The Bertz CT molecular complexity index is 1280. The van der Waals surface area contributed by atoms with Crippen LogP contribution in [0.3, 0.4) is 0 Å². The van der Waals surface area contributed by atoms with Crippen LogP contribution in [0, 0.1) is 5.92 Å². The number of hydroxylamine groups is 1. The number of hydrogen-bond donors (Lipinski definition) is 0. The summed E-state index contributed by atoms with van der Waals surface area (Å²) in [7, 11) is 4.55. The molecule has 180 valence electrons. The topological polar surface area (TPSA) is 77.5 Å². The maximum absolute atomic E-state index is 13.8. The molecule has 2 fully saturated rings. The van der Waals surface area contributed by atoms with Crippen molar-refractivity contribution in [1.82, 2.24) is 0 Å². The number of halogens is 1. The second kappa shape index (κ2) is 9.13. The van der Waals surface area contributed by atoms with Gasteiger partial charge < -0.3 is 14.2 Å². The summed E-state index contributed by atoms with van der Waals surface area (Å²) in [5, 5.41) is 1.90. The molecule has 5 rings (SSSR count). The zero-order chi connectivity index (χ0) is 24.7. The minimum Gasteiger partial charge on any atom is -0.493 e. The highest BCUT2D eigenvalue weighted by atomic mass is 35.5. The van der Waals surface area contributed by atoms with Gasteiger partial charge in [-0.3, -0.25) is 14.4 Å². The lowest BCUT2D eigenvalue weighted by Crippen LogP contribution is -2.37. The van der Waals surface area contributed by atoms with Crippen LogP contribution in [0.4, 0.5) is 11.4 Å². The number of benzene rings is 3. The van der Waals surface area contributed by atoms with E-state index >= 15 is 0 Å². The molecule has 0 N–H and O–H groups in total. The standard InChI is InChI=1S/C26H23ClN2O6/c1-32-19-14-13-16(22(33-2)23(19)34-3)21-20-24(35-29(21)15-9-5-4-6-10-15)26(31)28(25(20)30)18-12-8-7-11-17(18)27/h4-14,20-21,24H,1-3H3/t20-,21+,24-/m1/s1. The average Bonchev–Trinajstić information content (AvgIpc) is 3.39. The van der Waals surface area contributed by atoms with Crippen LogP contribution >= 0.6 is 11.6 Å². The molecule has 2 aliphatic heterocycles. The largest absolute Gasteiger partial charge is 0.493 e. The van der Waals surface area contributed by atoms with E-state index in [1.54, 1.807) is 41.5 Å². The van der Waals surface area contributed by atoms with E-state index in [0.717, 1.165) is 4.90 Å². The molecule has 0 saturated carbocycles. The number of rotatable bonds is 6. The Morgan fingerprint density at radius 2 is 1.49 bits per heavy atom. The number of carbonyl (C=O) groups is 2. The molecule has 0 aliphatic carbocycles. The molecule has 2 saturated heterocycles. The molecule has 2 amide bonds. The molecular weight excluding hydrogens is 472 g/mol. The smallest absolute Gasteiger partial charge is 0.266 e. The summed E-state index contributed by atoms with van der Waals surface area (Å²) in [6.07, 6.45) is -1.04. The maximum atomic E-state index is 13.8. The van der Waals surface area contributed by atoms with Crippen molar-refractivity contribution < 1.29 is 28.6 Å². The average molecular weight is 495 g/mol. The minimum absolute atomic E-state index is 0.300. The number of ether oxygens (including phenoxy) is 3. The Hall–Kier alpha value is -3.75. The Labute approximate surface area is 207 Å². The predicted molar refractivity (Wildman–Crippen MR) is 130 cm³/mol. The van der Waals surface area contributed by atoms with Gasteiger partial charge in [-0.25, -0.2) is 9.96 Å². The van der Waals surface area contributed by atoms with Crippen LogP contribution in [0.2, 0.25) is 5.02 Å². The summed E-state index contributed by atoms with van der Waals surface area (Å²) in [5.41, 5.74) is 1.63. The van der Waals surface area contributed by atoms with Gasteiger partial charge in [0.25, 0.3) is 5.91 Å². The van der Waals surface area contributed by atoms with Crippen LogP contribution in [0.15, 0.2) is 66.7 Å². The second-order valence-electron chi connectivity index (χ2n) is 8.04. The van der Waals surface area contributed by atoms with E-state index in [-0.39, 0.29) is 0 Å². The number of amides is 2. The number of anilines is 2. The lowest BCUT2D eigenvalue weighted by Gasteiger charge is -2.30. The first-order valence-corrected chi connectivity index (χ1v) is 11.3. The zero-order valence-corrected chi connectivity index (χ0v) is 20.1. The van der Waals surface area contributed by atoms with Gasteiger partial charge in [-0.05, 0) is 36.4 Å². The molecule has 2 aliphatic rings. The first-order chi connectivity index (χ1) is 17.0. The van der Waals surface area contributed by atoms with Gasteiger partial charge in [0.1, 0.15) is 12.0 Å². The zero-order valence-electron chi connectivity index (χ0n) is 19.3. The number of fused-ring (bicyclic) bond motifs is 1. The van der Waals surface area contributed by atoms with Crippen molar-refractivity contribution in [3.63, 3.8) is 0 Å². The van der Waals surface area contributed by atoms with Crippen LogP contribution < -0.4 is 24.2 Å². The van der Waals surface area contributed by atoms with Gasteiger partial charge in [-0.2, -0.15) is 0 Å². The normalized spacial score (nSPS) is 21.3. The predicted octanol–water partition coefficient (Wildman–Crippen LogP) is 4.42. The molecule has 0 bridgehead atoms. The lowest BCUT2D eigenvalue weighted by molar-refractivity contribution is -0.126. The van der Waals surface area contributed by atoms with Gasteiger partial charge in [0.15, 0.2) is 17.6 Å². The molecule has 2 heterocycles. The fourth-order valence-corrected chi connectivity index (χ4v) is 4.98. The summed E-state index contributed by atoms with van der Waals surface area (Å²) in [4.78, 5) is 34.6. The molecule has 0 aromatic heterocycles. The van der Waals surface area contributed by atoms with Gasteiger partial charge in [-0.1, -0.05) is 41.9 Å². The molecular formula is C26H23ClN2O6. The molecule has 9 heteroatoms. The van der Waals surface area contributed by atoms with Crippen molar-refractivity contribution in [2.45, 2.75) is 12.1 Å². The summed E-state index contributed by atoms with van der Waals surface area (Å²) in [6.45, 7) is 0. The summed E-state index contributed by atoms with van der Waals surface area (Å²) < 4.78 is 16.7. The summed E-state index contributed by atoms with van der Waals surface area (Å²) in [5.74, 6) is -0.501. The number of carbonyl (C=O) groups excluding carboxylic acids is 2. The SMILES string of the molecule is COc1ccc([C@H]2[C@H]3C(=O)N(c4ccccc4Cl)C(=O)[C@@H]3ON2c2ccccc2)c(OC)c1OC. The van der Waals surface area contributed by atoms with E-state index in [1.807, 2.05) is 30.3 Å². The Balaban J connectivity index is 1.67. The van der Waals surface area contributed by atoms with Gasteiger partial charge in [0, 0.05) is 5.56 Å². The first kappa shape index (κ1) is 23.0. The molecule has 3 atom stereocenters.